The van der Waals surface area contributed by atoms with Gasteiger partial charge in [-0.05, 0) is 74.8 Å². The van der Waals surface area contributed by atoms with Crippen molar-refractivity contribution in [3.8, 4) is 0 Å². The molecular formula is C26H33N3O. The van der Waals surface area contributed by atoms with Crippen LogP contribution in [0.4, 0.5) is 0 Å². The molecule has 0 atom stereocenters. The number of nitrogens with zero attached hydrogens (tertiary/aromatic N) is 2. The highest BCUT2D eigenvalue weighted by molar-refractivity contribution is 5.94. The summed E-state index contributed by atoms with van der Waals surface area (Å²) in [4.78, 5) is 15.8. The molecule has 0 spiro atoms. The maximum Gasteiger partial charge on any atom is 0.271 e. The Balaban J connectivity index is 1.88. The minimum absolute atomic E-state index is 0.257. The van der Waals surface area contributed by atoms with Crippen LogP contribution >= 0.6 is 0 Å². The van der Waals surface area contributed by atoms with Gasteiger partial charge in [0.05, 0.1) is 0 Å². The number of hydrazone groups is 1. The topological polar surface area (TPSA) is 54.4 Å². The summed E-state index contributed by atoms with van der Waals surface area (Å²) in [5.41, 5.74) is 8.52. The lowest BCUT2D eigenvalue weighted by molar-refractivity contribution is 0.0955. The largest absolute Gasteiger partial charge is 0.271 e. The number of rotatable bonds is 7. The first-order valence-electron chi connectivity index (χ1n) is 10.4. The van der Waals surface area contributed by atoms with Crippen molar-refractivity contribution < 1.29 is 4.79 Å². The van der Waals surface area contributed by atoms with Crippen LogP contribution in [0.3, 0.4) is 0 Å². The molecule has 0 fully saturated rings. The molecule has 4 nitrogen and oxygen atoms in total. The van der Waals surface area contributed by atoms with Crippen molar-refractivity contribution in [2.75, 3.05) is 0 Å². The zero-order valence-corrected chi connectivity index (χ0v) is 18.8. The Morgan fingerprint density at radius 2 is 1.83 bits per heavy atom. The number of nitrogens with one attached hydrogen (secondary N) is 1. The van der Waals surface area contributed by atoms with Gasteiger partial charge in [-0.2, -0.15) is 5.10 Å². The van der Waals surface area contributed by atoms with Crippen molar-refractivity contribution in [2.24, 2.45) is 10.5 Å². The summed E-state index contributed by atoms with van der Waals surface area (Å²) < 4.78 is 0. The Hall–Kier alpha value is -3.01. The highest BCUT2D eigenvalue weighted by Crippen LogP contribution is 2.40. The van der Waals surface area contributed by atoms with Crippen molar-refractivity contribution in [1.29, 1.82) is 0 Å². The molecule has 1 aliphatic rings. The third kappa shape index (κ3) is 7.43. The Morgan fingerprint density at radius 1 is 1.13 bits per heavy atom. The number of pyridine rings is 1. The van der Waals surface area contributed by atoms with Crippen LogP contribution in [0.25, 0.3) is 0 Å². The average molecular weight is 404 g/mol. The van der Waals surface area contributed by atoms with Gasteiger partial charge in [0.15, 0.2) is 0 Å². The van der Waals surface area contributed by atoms with Crippen LogP contribution < -0.4 is 5.43 Å². The molecule has 1 amide bonds. The van der Waals surface area contributed by atoms with Gasteiger partial charge in [-0.15, -0.1) is 0 Å². The number of carbonyl (C=O) groups is 1. The van der Waals surface area contributed by atoms with E-state index in [9.17, 15) is 4.79 Å². The van der Waals surface area contributed by atoms with Crippen LogP contribution in [0.2, 0.25) is 0 Å². The van der Waals surface area contributed by atoms with Gasteiger partial charge in [0.1, 0.15) is 0 Å². The fourth-order valence-corrected chi connectivity index (χ4v) is 3.51. The van der Waals surface area contributed by atoms with Crippen LogP contribution in [0, 0.1) is 5.41 Å². The van der Waals surface area contributed by atoms with Gasteiger partial charge in [0, 0.05) is 24.2 Å². The summed E-state index contributed by atoms with van der Waals surface area (Å²) in [6, 6.07) is 3.29. The number of aromatic nitrogens is 1. The Labute approximate surface area is 180 Å². The van der Waals surface area contributed by atoms with Gasteiger partial charge in [0.2, 0.25) is 0 Å². The first kappa shape index (κ1) is 23.3. The maximum atomic E-state index is 11.9. The molecule has 1 N–H and O–H groups in total. The molecule has 1 heterocycles. The Bertz CT molecular complexity index is 913. The molecule has 4 heteroatoms. The van der Waals surface area contributed by atoms with E-state index in [-0.39, 0.29) is 11.3 Å². The minimum atomic E-state index is -0.257. The van der Waals surface area contributed by atoms with E-state index in [1.165, 1.54) is 36.0 Å². The van der Waals surface area contributed by atoms with Crippen molar-refractivity contribution in [3.63, 3.8) is 0 Å². The molecule has 0 bridgehead atoms. The molecule has 1 aromatic heterocycles. The molecular weight excluding hydrogens is 370 g/mol. The molecule has 2 rings (SSSR count). The van der Waals surface area contributed by atoms with Crippen LogP contribution in [0.5, 0.6) is 0 Å². The molecule has 0 aliphatic heterocycles. The molecule has 0 saturated carbocycles. The number of hydrogen-bond acceptors (Lipinski definition) is 3. The van der Waals surface area contributed by atoms with Gasteiger partial charge >= 0.3 is 0 Å². The van der Waals surface area contributed by atoms with Crippen LogP contribution in [0.1, 0.15) is 64.2 Å². The van der Waals surface area contributed by atoms with Gasteiger partial charge in [0.25, 0.3) is 5.91 Å². The van der Waals surface area contributed by atoms with E-state index < -0.39 is 0 Å². The second kappa shape index (κ2) is 11.2. The Morgan fingerprint density at radius 3 is 2.53 bits per heavy atom. The van der Waals surface area contributed by atoms with E-state index in [1.807, 2.05) is 25.2 Å². The van der Waals surface area contributed by atoms with E-state index in [2.05, 4.69) is 61.4 Å². The lowest BCUT2D eigenvalue weighted by Gasteiger charge is -2.32. The molecule has 0 radical (unpaired) electrons. The second-order valence-corrected chi connectivity index (χ2v) is 8.40. The molecule has 0 unspecified atom stereocenters. The average Bonchev–Trinajstić information content (AvgIpc) is 2.71. The molecule has 30 heavy (non-hydrogen) atoms. The summed E-state index contributed by atoms with van der Waals surface area (Å²) in [6.07, 6.45) is 21.0. The van der Waals surface area contributed by atoms with Crippen molar-refractivity contribution in [2.45, 2.75) is 53.9 Å². The molecule has 1 aromatic rings. The van der Waals surface area contributed by atoms with E-state index in [1.54, 1.807) is 30.7 Å². The number of hydrogen-bond donors (Lipinski definition) is 1. The zero-order chi connectivity index (χ0) is 22.0. The standard InChI is InChI=1S/C26H33N3O/c1-20(11-12-24-22(3)10-7-16-26(24,4)5)8-6-9-21(2)13-19-28-29-25(30)23-14-17-27-18-15-23/h6,8-9,11-15,17-19H,7,10,16H2,1-5H3,(H,29,30)/b9-6+,12-11+,20-8+,21-13+,28-19+. The first-order valence-corrected chi connectivity index (χ1v) is 10.4. The number of allylic oxidation sites excluding steroid dienone is 10. The normalized spacial score (nSPS) is 18.0. The van der Waals surface area contributed by atoms with Gasteiger partial charge in [-0.1, -0.05) is 55.4 Å². The molecule has 0 aromatic carbocycles. The number of amides is 1. The van der Waals surface area contributed by atoms with Crippen molar-refractivity contribution in [1.82, 2.24) is 10.4 Å². The lowest BCUT2D eigenvalue weighted by Crippen LogP contribution is -2.19. The predicted octanol–water partition coefficient (Wildman–Crippen LogP) is 6.33. The van der Waals surface area contributed by atoms with Crippen molar-refractivity contribution >= 4 is 12.1 Å². The smallest absolute Gasteiger partial charge is 0.267 e. The second-order valence-electron chi connectivity index (χ2n) is 8.40. The first-order chi connectivity index (χ1) is 14.3. The van der Waals surface area contributed by atoms with Crippen LogP contribution in [-0.2, 0) is 0 Å². The van der Waals surface area contributed by atoms with E-state index in [0.29, 0.717) is 5.56 Å². The minimum Gasteiger partial charge on any atom is -0.267 e. The van der Waals surface area contributed by atoms with Gasteiger partial charge in [-0.25, -0.2) is 5.43 Å². The summed E-state index contributed by atoms with van der Waals surface area (Å²) in [7, 11) is 0. The summed E-state index contributed by atoms with van der Waals surface area (Å²) in [5, 5.41) is 3.95. The quantitative estimate of drug-likeness (QED) is 0.329. The molecule has 0 saturated heterocycles. The summed E-state index contributed by atoms with van der Waals surface area (Å²) in [6.45, 7) is 11.0. The lowest BCUT2D eigenvalue weighted by atomic mass is 9.72. The maximum absolute atomic E-state index is 11.9. The summed E-state index contributed by atoms with van der Waals surface area (Å²) >= 11 is 0. The predicted molar refractivity (Wildman–Crippen MR) is 126 cm³/mol. The SMILES string of the molecule is CC1=C(/C=C/C(C)=C/C=C/C(C)=C/C=N/NC(=O)c2ccncc2)C(C)(C)CCC1. The monoisotopic (exact) mass is 403 g/mol. The molecule has 158 valence electrons. The van der Waals surface area contributed by atoms with E-state index in [4.69, 9.17) is 0 Å². The van der Waals surface area contributed by atoms with Gasteiger partial charge in [-0.3, -0.25) is 9.78 Å². The van der Waals surface area contributed by atoms with Gasteiger partial charge < -0.3 is 0 Å². The van der Waals surface area contributed by atoms with Crippen LogP contribution in [0.15, 0.2) is 88.4 Å². The van der Waals surface area contributed by atoms with Crippen molar-refractivity contribution in [3.05, 3.63) is 88.8 Å². The molecule has 1 aliphatic carbocycles. The Kier molecular flexibility index (Phi) is 8.72. The fraction of sp³-hybridized carbons (Fsp3) is 0.346. The highest BCUT2D eigenvalue weighted by atomic mass is 16.2. The zero-order valence-electron chi connectivity index (χ0n) is 18.8. The van der Waals surface area contributed by atoms with Crippen LogP contribution in [-0.4, -0.2) is 17.1 Å². The fourth-order valence-electron chi connectivity index (χ4n) is 3.51. The third-order valence-corrected chi connectivity index (χ3v) is 5.29. The summed E-state index contributed by atoms with van der Waals surface area (Å²) in [5.74, 6) is -0.257. The third-order valence-electron chi connectivity index (χ3n) is 5.29. The number of carbonyl (C=O) groups excluding carboxylic acids is 1. The van der Waals surface area contributed by atoms with E-state index in [0.717, 1.165) is 5.57 Å². The highest BCUT2D eigenvalue weighted by Gasteiger charge is 2.26. The van der Waals surface area contributed by atoms with E-state index >= 15 is 0 Å².